The minimum atomic E-state index is -0.936. The number of rotatable bonds is 6. The second-order valence-corrected chi connectivity index (χ2v) is 6.58. The lowest BCUT2D eigenvalue weighted by Gasteiger charge is -2.26. The summed E-state index contributed by atoms with van der Waals surface area (Å²) in [7, 11) is 1.32. The molecule has 2 amide bonds. The van der Waals surface area contributed by atoms with Crippen molar-refractivity contribution in [2.45, 2.75) is 39.7 Å². The number of nitro groups is 1. The van der Waals surface area contributed by atoms with Crippen LogP contribution in [0.5, 0.6) is 0 Å². The van der Waals surface area contributed by atoms with Gasteiger partial charge in [-0.1, -0.05) is 24.9 Å². The van der Waals surface area contributed by atoms with Crippen LogP contribution in [0.3, 0.4) is 0 Å². The van der Waals surface area contributed by atoms with E-state index in [1.165, 1.54) is 20.2 Å². The lowest BCUT2D eigenvalue weighted by molar-refractivity contribution is -0.486. The molecule has 1 heterocycles. The normalized spacial score (nSPS) is 11.2. The van der Waals surface area contributed by atoms with E-state index in [0.29, 0.717) is 15.8 Å². The van der Waals surface area contributed by atoms with Crippen LogP contribution in [0, 0.1) is 10.1 Å². The molecule has 0 saturated heterocycles. The van der Waals surface area contributed by atoms with Crippen molar-refractivity contribution in [2.75, 3.05) is 7.05 Å². The number of hydrazone groups is 1. The number of aromatic nitrogens is 1. The van der Waals surface area contributed by atoms with E-state index < -0.39 is 10.9 Å². The maximum atomic E-state index is 12.5. The van der Waals surface area contributed by atoms with Crippen molar-refractivity contribution >= 4 is 40.7 Å². The summed E-state index contributed by atoms with van der Waals surface area (Å²) in [5.74, 6) is -1.18. The second-order valence-electron chi connectivity index (χ2n) is 4.88. The Morgan fingerprint density at radius 2 is 2.17 bits per heavy atom. The highest BCUT2D eigenvalue weighted by molar-refractivity contribution is 7.15. The molecule has 0 fully saturated rings. The molecular formula is C13H18ClN5O4S. The minimum Gasteiger partial charge on any atom is -0.280 e. The predicted octanol–water partition coefficient (Wildman–Crippen LogP) is 2.34. The van der Waals surface area contributed by atoms with Crippen molar-refractivity contribution < 1.29 is 14.6 Å². The number of nitrogens with zero attached hydrogens (tertiary/aromatic N) is 5. The second kappa shape index (κ2) is 9.28. The van der Waals surface area contributed by atoms with E-state index in [1.807, 2.05) is 6.92 Å². The summed E-state index contributed by atoms with van der Waals surface area (Å²) in [6.07, 6.45) is 3.07. The number of amides is 2. The molecule has 0 radical (unpaired) electrons. The van der Waals surface area contributed by atoms with E-state index in [0.717, 1.165) is 27.6 Å². The molecule has 0 N–H and O–H groups in total. The van der Waals surface area contributed by atoms with Crippen molar-refractivity contribution in [1.82, 2.24) is 14.8 Å². The molecule has 0 aromatic carbocycles. The van der Waals surface area contributed by atoms with Gasteiger partial charge < -0.3 is 0 Å². The first-order chi connectivity index (χ1) is 11.3. The van der Waals surface area contributed by atoms with Crippen LogP contribution in [-0.4, -0.2) is 44.6 Å². The maximum Gasteiger partial charge on any atom is 0.287 e. The third kappa shape index (κ3) is 5.85. The van der Waals surface area contributed by atoms with Crippen molar-refractivity contribution in [1.29, 1.82) is 0 Å². The Bertz CT molecular complexity index is 648. The quantitative estimate of drug-likeness (QED) is 0.328. The Morgan fingerprint density at radius 1 is 1.50 bits per heavy atom. The van der Waals surface area contributed by atoms with E-state index in [9.17, 15) is 19.7 Å². The van der Waals surface area contributed by atoms with Crippen LogP contribution in [0.2, 0.25) is 4.47 Å². The van der Waals surface area contributed by atoms with E-state index in [2.05, 4.69) is 10.1 Å². The molecule has 0 aliphatic heterocycles. The molecule has 0 spiro atoms. The molecule has 1 aromatic rings. The summed E-state index contributed by atoms with van der Waals surface area (Å²) in [6.45, 7) is 3.15. The molecule has 0 aliphatic carbocycles. The first kappa shape index (κ1) is 20.0. The summed E-state index contributed by atoms with van der Waals surface area (Å²) in [6, 6.07) is 0. The van der Waals surface area contributed by atoms with Crippen molar-refractivity contribution in [3.05, 3.63) is 25.7 Å². The minimum absolute atomic E-state index is 0.00275. The number of halogens is 1. The SMILES string of the molecule is CCCCC(=O)N(Cc1cnc(Cl)s1)C(=N[N+](=O)[O-])N(C)C(C)=O. The smallest absolute Gasteiger partial charge is 0.280 e. The topological polar surface area (TPSA) is 109 Å². The largest absolute Gasteiger partial charge is 0.287 e. The Kier molecular flexibility index (Phi) is 7.72. The highest BCUT2D eigenvalue weighted by atomic mass is 35.5. The molecule has 0 unspecified atom stereocenters. The van der Waals surface area contributed by atoms with Gasteiger partial charge in [-0.15, -0.1) is 11.3 Å². The van der Waals surface area contributed by atoms with Gasteiger partial charge in [0.05, 0.1) is 6.54 Å². The summed E-state index contributed by atoms with van der Waals surface area (Å²) in [4.78, 5) is 41.6. The number of hydrogen-bond acceptors (Lipinski definition) is 6. The number of carbonyl (C=O) groups is 2. The lowest BCUT2D eigenvalue weighted by atomic mass is 10.2. The molecule has 0 bridgehead atoms. The maximum absolute atomic E-state index is 12.5. The van der Waals surface area contributed by atoms with Crippen molar-refractivity contribution in [2.24, 2.45) is 5.10 Å². The molecule has 9 nitrogen and oxygen atoms in total. The Hall–Kier alpha value is -2.07. The van der Waals surface area contributed by atoms with Crippen LogP contribution in [0.4, 0.5) is 0 Å². The summed E-state index contributed by atoms with van der Waals surface area (Å²) >= 11 is 6.93. The Morgan fingerprint density at radius 3 is 2.62 bits per heavy atom. The molecule has 132 valence electrons. The molecule has 0 saturated carbocycles. The van der Waals surface area contributed by atoms with Gasteiger partial charge in [-0.25, -0.2) is 15.1 Å². The Balaban J connectivity index is 3.21. The fraction of sp³-hybridized carbons (Fsp3) is 0.538. The van der Waals surface area contributed by atoms with E-state index in [1.54, 1.807) is 0 Å². The van der Waals surface area contributed by atoms with E-state index in [4.69, 9.17) is 11.6 Å². The molecule has 1 rings (SSSR count). The lowest BCUT2D eigenvalue weighted by Crippen LogP contribution is -2.47. The van der Waals surface area contributed by atoms with Gasteiger partial charge in [0.25, 0.3) is 5.96 Å². The van der Waals surface area contributed by atoms with Crippen LogP contribution in [0.25, 0.3) is 0 Å². The number of unbranched alkanes of at least 4 members (excludes halogenated alkanes) is 1. The third-order valence-electron chi connectivity index (χ3n) is 3.07. The zero-order valence-corrected chi connectivity index (χ0v) is 15.1. The van der Waals surface area contributed by atoms with Crippen LogP contribution in [0.1, 0.15) is 38.0 Å². The number of thiazole rings is 1. The van der Waals surface area contributed by atoms with Gasteiger partial charge in [-0.05, 0) is 6.42 Å². The van der Waals surface area contributed by atoms with Gasteiger partial charge in [0.2, 0.25) is 11.8 Å². The number of hydrogen-bond donors (Lipinski definition) is 0. The van der Waals surface area contributed by atoms with Gasteiger partial charge in [0.1, 0.15) is 5.10 Å². The monoisotopic (exact) mass is 375 g/mol. The highest BCUT2D eigenvalue weighted by Gasteiger charge is 2.28. The van der Waals surface area contributed by atoms with Crippen LogP contribution in [-0.2, 0) is 16.1 Å². The number of guanidine groups is 1. The van der Waals surface area contributed by atoms with Gasteiger partial charge in [-0.2, -0.15) is 0 Å². The summed E-state index contributed by atoms with van der Waals surface area (Å²) in [5.41, 5.74) is 0. The average Bonchev–Trinajstić information content (AvgIpc) is 2.92. The standard InChI is InChI=1S/C13H18ClN5O4S/c1-4-5-6-11(21)18(8-10-7-15-12(14)24-10)13(16-19(22)23)17(3)9(2)20/h7H,4-6,8H2,1-3H3. The summed E-state index contributed by atoms with van der Waals surface area (Å²) < 4.78 is 0.290. The van der Waals surface area contributed by atoms with Crippen molar-refractivity contribution in [3.8, 4) is 0 Å². The fourth-order valence-corrected chi connectivity index (χ4v) is 2.73. The van der Waals surface area contributed by atoms with Crippen LogP contribution >= 0.6 is 22.9 Å². The third-order valence-corrected chi connectivity index (χ3v) is 4.17. The Labute approximate surface area is 148 Å². The first-order valence-electron chi connectivity index (χ1n) is 7.14. The molecule has 11 heteroatoms. The molecular weight excluding hydrogens is 358 g/mol. The van der Waals surface area contributed by atoms with Gasteiger partial charge in [0.15, 0.2) is 9.50 Å². The number of carbonyl (C=O) groups excluding carboxylic acids is 2. The van der Waals surface area contributed by atoms with Gasteiger partial charge in [-0.3, -0.25) is 19.4 Å². The van der Waals surface area contributed by atoms with E-state index in [-0.39, 0.29) is 24.8 Å². The zero-order chi connectivity index (χ0) is 18.3. The highest BCUT2D eigenvalue weighted by Crippen LogP contribution is 2.20. The molecule has 1 aromatic heterocycles. The summed E-state index contributed by atoms with van der Waals surface area (Å²) in [5, 5.41) is 13.1. The molecule has 0 aliphatic rings. The van der Waals surface area contributed by atoms with Crippen LogP contribution in [0.15, 0.2) is 11.3 Å². The zero-order valence-electron chi connectivity index (χ0n) is 13.6. The predicted molar refractivity (Wildman–Crippen MR) is 90.1 cm³/mol. The van der Waals surface area contributed by atoms with Gasteiger partial charge in [0, 0.05) is 31.5 Å². The molecule has 0 atom stereocenters. The van der Waals surface area contributed by atoms with Gasteiger partial charge >= 0.3 is 0 Å². The van der Waals surface area contributed by atoms with E-state index >= 15 is 0 Å². The fourth-order valence-electron chi connectivity index (χ4n) is 1.76. The average molecular weight is 376 g/mol. The van der Waals surface area contributed by atoms with Crippen LogP contribution < -0.4 is 0 Å². The first-order valence-corrected chi connectivity index (χ1v) is 8.33. The molecule has 24 heavy (non-hydrogen) atoms. The van der Waals surface area contributed by atoms with Crippen molar-refractivity contribution in [3.63, 3.8) is 0 Å².